The van der Waals surface area contributed by atoms with Crippen LogP contribution in [-0.2, 0) is 0 Å². The number of hydrogen-bond acceptors (Lipinski definition) is 3. The molecule has 2 aromatic rings. The molecule has 1 aliphatic heterocycles. The molecule has 4 nitrogen and oxygen atoms in total. The Morgan fingerprint density at radius 2 is 2.05 bits per heavy atom. The van der Waals surface area contributed by atoms with Gasteiger partial charge in [0, 0.05) is 19.3 Å². The van der Waals surface area contributed by atoms with Gasteiger partial charge in [0.2, 0.25) is 0 Å². The maximum Gasteiger partial charge on any atom is 0.263 e. The molecule has 19 heavy (non-hydrogen) atoms. The molecule has 0 saturated carbocycles. The van der Waals surface area contributed by atoms with E-state index in [2.05, 4.69) is 24.0 Å². The third kappa shape index (κ3) is 2.30. The highest BCUT2D eigenvalue weighted by Gasteiger charge is 2.30. The van der Waals surface area contributed by atoms with Gasteiger partial charge in [0.15, 0.2) is 0 Å². The van der Waals surface area contributed by atoms with E-state index in [4.69, 9.17) is 0 Å². The van der Waals surface area contributed by atoms with Crippen LogP contribution in [0.25, 0.3) is 10.6 Å². The molecule has 2 unspecified atom stereocenters. The minimum atomic E-state index is 0.159. The van der Waals surface area contributed by atoms with Crippen molar-refractivity contribution in [1.82, 2.24) is 15.1 Å². The summed E-state index contributed by atoms with van der Waals surface area (Å²) in [6.07, 6.45) is 1.72. The molecule has 2 aromatic heterocycles. The summed E-state index contributed by atoms with van der Waals surface area (Å²) in [7, 11) is 0. The first-order valence-electron chi connectivity index (χ1n) is 6.54. The Labute approximate surface area is 116 Å². The second kappa shape index (κ2) is 4.81. The van der Waals surface area contributed by atoms with Gasteiger partial charge in [-0.1, -0.05) is 13.8 Å². The lowest BCUT2D eigenvalue weighted by Crippen LogP contribution is -2.28. The van der Waals surface area contributed by atoms with E-state index >= 15 is 0 Å². The summed E-state index contributed by atoms with van der Waals surface area (Å²) in [5, 5.41) is 6.86. The maximum absolute atomic E-state index is 12.4. The predicted octanol–water partition coefficient (Wildman–Crippen LogP) is 2.87. The molecule has 1 amide bonds. The van der Waals surface area contributed by atoms with Gasteiger partial charge in [-0.25, -0.2) is 0 Å². The number of amides is 1. The second-order valence-electron chi connectivity index (χ2n) is 5.30. The van der Waals surface area contributed by atoms with Crippen molar-refractivity contribution >= 4 is 17.2 Å². The van der Waals surface area contributed by atoms with Crippen molar-refractivity contribution in [3.63, 3.8) is 0 Å². The SMILES string of the molecule is CC1CN(C(=O)c2ccc(-c3ccn[nH]3)s2)CC1C. The zero-order chi connectivity index (χ0) is 13.4. The fraction of sp³-hybridized carbons (Fsp3) is 0.429. The number of carbonyl (C=O) groups is 1. The minimum absolute atomic E-state index is 0.159. The highest BCUT2D eigenvalue weighted by molar-refractivity contribution is 7.17. The molecule has 3 rings (SSSR count). The van der Waals surface area contributed by atoms with Crippen LogP contribution in [0.15, 0.2) is 24.4 Å². The van der Waals surface area contributed by atoms with E-state index in [1.807, 2.05) is 23.1 Å². The first-order chi connectivity index (χ1) is 9.15. The van der Waals surface area contributed by atoms with Crippen molar-refractivity contribution in [2.24, 2.45) is 11.8 Å². The summed E-state index contributed by atoms with van der Waals surface area (Å²) < 4.78 is 0. The normalized spacial score (nSPS) is 22.9. The second-order valence-corrected chi connectivity index (χ2v) is 6.38. The molecular formula is C14H17N3OS. The highest BCUT2D eigenvalue weighted by atomic mass is 32.1. The lowest BCUT2D eigenvalue weighted by atomic mass is 10.0. The van der Waals surface area contributed by atoms with E-state index in [0.717, 1.165) is 28.5 Å². The van der Waals surface area contributed by atoms with Crippen LogP contribution in [0.3, 0.4) is 0 Å². The fourth-order valence-corrected chi connectivity index (χ4v) is 3.39. The van der Waals surface area contributed by atoms with Crippen molar-refractivity contribution in [3.8, 4) is 10.6 Å². The van der Waals surface area contributed by atoms with E-state index in [1.165, 1.54) is 11.3 Å². The summed E-state index contributed by atoms with van der Waals surface area (Å²) in [4.78, 5) is 16.3. The Morgan fingerprint density at radius 1 is 1.32 bits per heavy atom. The molecule has 0 spiro atoms. The number of aromatic amines is 1. The first-order valence-corrected chi connectivity index (χ1v) is 7.35. The third-order valence-corrected chi connectivity index (χ3v) is 4.96. The monoisotopic (exact) mass is 275 g/mol. The average molecular weight is 275 g/mol. The van der Waals surface area contributed by atoms with Gasteiger partial charge in [-0.05, 0) is 30.0 Å². The number of rotatable bonds is 2. The molecule has 5 heteroatoms. The quantitative estimate of drug-likeness (QED) is 0.916. The van der Waals surface area contributed by atoms with Gasteiger partial charge >= 0.3 is 0 Å². The van der Waals surface area contributed by atoms with Crippen LogP contribution in [0.1, 0.15) is 23.5 Å². The van der Waals surface area contributed by atoms with Crippen LogP contribution in [0.4, 0.5) is 0 Å². The topological polar surface area (TPSA) is 49.0 Å². The predicted molar refractivity (Wildman–Crippen MR) is 76.1 cm³/mol. The summed E-state index contributed by atoms with van der Waals surface area (Å²) >= 11 is 1.53. The van der Waals surface area contributed by atoms with Gasteiger partial charge in [-0.2, -0.15) is 5.10 Å². The largest absolute Gasteiger partial charge is 0.337 e. The van der Waals surface area contributed by atoms with Gasteiger partial charge in [-0.15, -0.1) is 11.3 Å². The van der Waals surface area contributed by atoms with Crippen LogP contribution >= 0.6 is 11.3 Å². The van der Waals surface area contributed by atoms with Crippen molar-refractivity contribution < 1.29 is 4.79 Å². The maximum atomic E-state index is 12.4. The molecule has 0 radical (unpaired) electrons. The number of likely N-dealkylation sites (tertiary alicyclic amines) is 1. The van der Waals surface area contributed by atoms with E-state index in [1.54, 1.807) is 6.20 Å². The minimum Gasteiger partial charge on any atom is -0.337 e. The van der Waals surface area contributed by atoms with Crippen molar-refractivity contribution in [1.29, 1.82) is 0 Å². The van der Waals surface area contributed by atoms with Crippen molar-refractivity contribution in [2.45, 2.75) is 13.8 Å². The summed E-state index contributed by atoms with van der Waals surface area (Å²) in [6.45, 7) is 6.17. The number of H-pyrrole nitrogens is 1. The van der Waals surface area contributed by atoms with E-state index in [0.29, 0.717) is 11.8 Å². The Balaban J connectivity index is 1.78. The van der Waals surface area contributed by atoms with E-state index in [9.17, 15) is 4.79 Å². The van der Waals surface area contributed by atoms with Crippen LogP contribution in [0.5, 0.6) is 0 Å². The summed E-state index contributed by atoms with van der Waals surface area (Å²) in [6, 6.07) is 5.81. The lowest BCUT2D eigenvalue weighted by Gasteiger charge is -2.14. The molecule has 0 bridgehead atoms. The molecular weight excluding hydrogens is 258 g/mol. The van der Waals surface area contributed by atoms with Gasteiger partial charge in [0.1, 0.15) is 0 Å². The number of carbonyl (C=O) groups excluding carboxylic acids is 1. The summed E-state index contributed by atoms with van der Waals surface area (Å²) in [5.74, 6) is 1.35. The Hall–Kier alpha value is -1.62. The smallest absolute Gasteiger partial charge is 0.263 e. The number of nitrogens with one attached hydrogen (secondary N) is 1. The van der Waals surface area contributed by atoms with Crippen LogP contribution in [0, 0.1) is 11.8 Å². The molecule has 3 heterocycles. The van der Waals surface area contributed by atoms with E-state index < -0.39 is 0 Å². The number of aromatic nitrogens is 2. The Kier molecular flexibility index (Phi) is 3.14. The van der Waals surface area contributed by atoms with Crippen LogP contribution in [-0.4, -0.2) is 34.1 Å². The van der Waals surface area contributed by atoms with Gasteiger partial charge in [-0.3, -0.25) is 9.89 Å². The average Bonchev–Trinajstić information content (AvgIpc) is 3.09. The standard InChI is InChI=1S/C14H17N3OS/c1-9-7-17(8-10(9)2)14(18)13-4-3-12(19-13)11-5-6-15-16-11/h3-6,9-10H,7-8H2,1-2H3,(H,15,16). The lowest BCUT2D eigenvalue weighted by molar-refractivity contribution is 0.0790. The number of thiophene rings is 1. The van der Waals surface area contributed by atoms with Gasteiger partial charge in [0.05, 0.1) is 15.4 Å². The molecule has 1 fully saturated rings. The zero-order valence-electron chi connectivity index (χ0n) is 11.1. The third-order valence-electron chi connectivity index (χ3n) is 3.86. The van der Waals surface area contributed by atoms with E-state index in [-0.39, 0.29) is 5.91 Å². The fourth-order valence-electron chi connectivity index (χ4n) is 2.44. The Bertz CT molecular complexity index is 565. The van der Waals surface area contributed by atoms with Crippen molar-refractivity contribution in [3.05, 3.63) is 29.3 Å². The zero-order valence-corrected chi connectivity index (χ0v) is 11.9. The molecule has 100 valence electrons. The summed E-state index contributed by atoms with van der Waals surface area (Å²) in [5.41, 5.74) is 0.965. The Morgan fingerprint density at radius 3 is 2.68 bits per heavy atom. The first kappa shape index (κ1) is 12.4. The van der Waals surface area contributed by atoms with Crippen molar-refractivity contribution in [2.75, 3.05) is 13.1 Å². The van der Waals surface area contributed by atoms with Crippen LogP contribution < -0.4 is 0 Å². The molecule has 1 N–H and O–H groups in total. The highest BCUT2D eigenvalue weighted by Crippen LogP contribution is 2.29. The van der Waals surface area contributed by atoms with Gasteiger partial charge in [0.25, 0.3) is 5.91 Å². The molecule has 1 aliphatic rings. The molecule has 1 saturated heterocycles. The molecule has 0 aliphatic carbocycles. The molecule has 0 aromatic carbocycles. The van der Waals surface area contributed by atoms with Gasteiger partial charge < -0.3 is 4.90 Å². The number of hydrogen-bond donors (Lipinski definition) is 1. The van der Waals surface area contributed by atoms with Crippen LogP contribution in [0.2, 0.25) is 0 Å². The molecule has 2 atom stereocenters. The number of nitrogens with zero attached hydrogens (tertiary/aromatic N) is 2.